The van der Waals surface area contributed by atoms with Crippen LogP contribution in [0.15, 0.2) is 84.9 Å². The fourth-order valence-corrected chi connectivity index (χ4v) is 4.10. The highest BCUT2D eigenvalue weighted by Gasteiger charge is 2.17. The number of benzene rings is 3. The highest BCUT2D eigenvalue weighted by molar-refractivity contribution is 7.92. The molecule has 1 amide bonds. The molecule has 1 N–H and O–H groups in total. The van der Waals surface area contributed by atoms with Crippen LogP contribution in [0.5, 0.6) is 17.2 Å². The summed E-state index contributed by atoms with van der Waals surface area (Å²) in [7, 11) is -3.50. The van der Waals surface area contributed by atoms with E-state index in [-0.39, 0.29) is 18.9 Å². The lowest BCUT2D eigenvalue weighted by molar-refractivity contribution is -0.121. The molecule has 7 nitrogen and oxygen atoms in total. The number of nitrogens with one attached hydrogen (secondary N) is 1. The Morgan fingerprint density at radius 1 is 0.848 bits per heavy atom. The minimum atomic E-state index is -3.50. The molecular weight excluding hydrogens is 440 g/mol. The van der Waals surface area contributed by atoms with E-state index < -0.39 is 10.0 Å². The minimum absolute atomic E-state index is 0.147. The van der Waals surface area contributed by atoms with Crippen molar-refractivity contribution < 1.29 is 22.7 Å². The van der Waals surface area contributed by atoms with Gasteiger partial charge in [-0.15, -0.1) is 0 Å². The van der Waals surface area contributed by atoms with Gasteiger partial charge in [0.05, 0.1) is 18.5 Å². The SMILES string of the molecule is CS(=O)(=O)N(CCCC(=O)NCCOc1ccccc1)c1ccc(Oc2ccccc2)cc1. The summed E-state index contributed by atoms with van der Waals surface area (Å²) in [6.07, 6.45) is 1.76. The van der Waals surface area contributed by atoms with Gasteiger partial charge in [0.1, 0.15) is 23.9 Å². The molecule has 0 aliphatic rings. The lowest BCUT2D eigenvalue weighted by atomic mass is 10.2. The highest BCUT2D eigenvalue weighted by atomic mass is 32.2. The first kappa shape index (κ1) is 24.1. The lowest BCUT2D eigenvalue weighted by Crippen LogP contribution is -2.32. The van der Waals surface area contributed by atoms with E-state index >= 15 is 0 Å². The summed E-state index contributed by atoms with van der Waals surface area (Å²) < 4.78 is 37.2. The third kappa shape index (κ3) is 8.16. The second-order valence-electron chi connectivity index (χ2n) is 7.36. The zero-order valence-electron chi connectivity index (χ0n) is 18.5. The fourth-order valence-electron chi connectivity index (χ4n) is 3.14. The van der Waals surface area contributed by atoms with E-state index in [0.29, 0.717) is 36.8 Å². The lowest BCUT2D eigenvalue weighted by Gasteiger charge is -2.22. The molecule has 0 bridgehead atoms. The van der Waals surface area contributed by atoms with Crippen LogP contribution in [0, 0.1) is 0 Å². The average molecular weight is 469 g/mol. The number of hydrogen-bond acceptors (Lipinski definition) is 5. The van der Waals surface area contributed by atoms with E-state index in [2.05, 4.69) is 5.32 Å². The smallest absolute Gasteiger partial charge is 0.232 e. The maximum atomic E-state index is 12.3. The second-order valence-corrected chi connectivity index (χ2v) is 9.27. The summed E-state index contributed by atoms with van der Waals surface area (Å²) in [6, 6.07) is 25.5. The Kier molecular flexibility index (Phi) is 8.71. The van der Waals surface area contributed by atoms with Crippen LogP contribution in [0.4, 0.5) is 5.69 Å². The summed E-state index contributed by atoms with van der Waals surface area (Å²) in [5, 5.41) is 2.79. The normalized spacial score (nSPS) is 10.9. The number of amides is 1. The number of carbonyl (C=O) groups is 1. The number of hydrogen-bond donors (Lipinski definition) is 1. The van der Waals surface area contributed by atoms with Gasteiger partial charge in [-0.25, -0.2) is 8.42 Å². The molecule has 8 heteroatoms. The first-order valence-corrected chi connectivity index (χ1v) is 12.5. The van der Waals surface area contributed by atoms with Crippen molar-refractivity contribution in [1.82, 2.24) is 5.32 Å². The van der Waals surface area contributed by atoms with Gasteiger partial charge < -0.3 is 14.8 Å². The summed E-state index contributed by atoms with van der Waals surface area (Å²) >= 11 is 0. The maximum Gasteiger partial charge on any atom is 0.232 e. The van der Waals surface area contributed by atoms with Crippen molar-refractivity contribution in [2.24, 2.45) is 0 Å². The number of anilines is 1. The molecule has 3 rings (SSSR count). The summed E-state index contributed by atoms with van der Waals surface area (Å²) in [5.74, 6) is 1.91. The Bertz CT molecular complexity index is 1100. The van der Waals surface area contributed by atoms with Crippen LogP contribution in [0.2, 0.25) is 0 Å². The van der Waals surface area contributed by atoms with Crippen LogP contribution in [0.25, 0.3) is 0 Å². The first-order valence-electron chi connectivity index (χ1n) is 10.7. The number of carbonyl (C=O) groups excluding carboxylic acids is 1. The van der Waals surface area contributed by atoms with Crippen molar-refractivity contribution in [3.63, 3.8) is 0 Å². The predicted molar refractivity (Wildman–Crippen MR) is 129 cm³/mol. The van der Waals surface area contributed by atoms with E-state index in [9.17, 15) is 13.2 Å². The Morgan fingerprint density at radius 2 is 1.42 bits per heavy atom. The van der Waals surface area contributed by atoms with Gasteiger partial charge in [-0.3, -0.25) is 9.10 Å². The van der Waals surface area contributed by atoms with Crippen molar-refractivity contribution in [3.05, 3.63) is 84.9 Å². The van der Waals surface area contributed by atoms with Gasteiger partial charge in [0.15, 0.2) is 0 Å². The van der Waals surface area contributed by atoms with Crippen LogP contribution in [0.1, 0.15) is 12.8 Å². The first-order chi connectivity index (χ1) is 15.9. The number of rotatable bonds is 12. The molecule has 0 fully saturated rings. The molecule has 0 atom stereocenters. The fraction of sp³-hybridized carbons (Fsp3) is 0.240. The van der Waals surface area contributed by atoms with Crippen LogP contribution in [0.3, 0.4) is 0 Å². The molecule has 0 aromatic heterocycles. The molecule has 0 radical (unpaired) electrons. The Morgan fingerprint density at radius 3 is 2.03 bits per heavy atom. The Hall–Kier alpha value is -3.52. The molecule has 3 aromatic rings. The highest BCUT2D eigenvalue weighted by Crippen LogP contribution is 2.25. The molecule has 0 spiro atoms. The van der Waals surface area contributed by atoms with Crippen molar-refractivity contribution in [2.75, 3.05) is 30.3 Å². The molecule has 0 unspecified atom stereocenters. The summed E-state index contributed by atoms with van der Waals surface area (Å²) in [6.45, 7) is 0.945. The average Bonchev–Trinajstić information content (AvgIpc) is 2.81. The number of sulfonamides is 1. The van der Waals surface area contributed by atoms with Crippen LogP contribution in [-0.4, -0.2) is 40.3 Å². The van der Waals surface area contributed by atoms with Gasteiger partial charge in [0.25, 0.3) is 0 Å². The maximum absolute atomic E-state index is 12.3. The van der Waals surface area contributed by atoms with Crippen molar-refractivity contribution in [2.45, 2.75) is 12.8 Å². The third-order valence-electron chi connectivity index (χ3n) is 4.71. The molecule has 0 heterocycles. The van der Waals surface area contributed by atoms with Crippen LogP contribution >= 0.6 is 0 Å². The molecule has 0 aliphatic heterocycles. The third-order valence-corrected chi connectivity index (χ3v) is 5.90. The van der Waals surface area contributed by atoms with Crippen molar-refractivity contribution in [1.29, 1.82) is 0 Å². The molecule has 3 aromatic carbocycles. The van der Waals surface area contributed by atoms with Gasteiger partial charge in [0, 0.05) is 13.0 Å². The molecule has 33 heavy (non-hydrogen) atoms. The molecule has 174 valence electrons. The van der Waals surface area contributed by atoms with Gasteiger partial charge in [-0.1, -0.05) is 36.4 Å². The minimum Gasteiger partial charge on any atom is -0.492 e. The van der Waals surface area contributed by atoms with E-state index in [0.717, 1.165) is 12.0 Å². The number of ether oxygens (including phenoxy) is 2. The molecule has 0 saturated carbocycles. The Balaban J connectivity index is 1.46. The summed E-state index contributed by atoms with van der Waals surface area (Å²) in [4.78, 5) is 12.1. The van der Waals surface area contributed by atoms with E-state index in [1.165, 1.54) is 4.31 Å². The molecule has 0 aliphatic carbocycles. The van der Waals surface area contributed by atoms with Gasteiger partial charge in [0.2, 0.25) is 15.9 Å². The topological polar surface area (TPSA) is 84.9 Å². The summed E-state index contributed by atoms with van der Waals surface area (Å²) in [5.41, 5.74) is 0.523. The number of para-hydroxylation sites is 2. The molecular formula is C25H28N2O5S. The monoisotopic (exact) mass is 468 g/mol. The zero-order valence-corrected chi connectivity index (χ0v) is 19.3. The zero-order chi connectivity index (χ0) is 23.5. The Labute approximate surface area is 195 Å². The van der Waals surface area contributed by atoms with Gasteiger partial charge in [-0.05, 0) is 55.0 Å². The molecule has 0 saturated heterocycles. The van der Waals surface area contributed by atoms with Gasteiger partial charge >= 0.3 is 0 Å². The van der Waals surface area contributed by atoms with E-state index in [4.69, 9.17) is 9.47 Å². The standard InChI is InChI=1S/C25H28N2O5S/c1-33(29,30)27(21-14-16-24(17-15-21)32-23-11-6-3-7-12-23)19-8-13-25(28)26-18-20-31-22-9-4-2-5-10-22/h2-7,9-12,14-17H,8,13,18-20H2,1H3,(H,26,28). The second kappa shape index (κ2) is 11.9. The van der Waals surface area contributed by atoms with E-state index in [1.807, 2.05) is 60.7 Å². The largest absolute Gasteiger partial charge is 0.492 e. The quantitative estimate of drug-likeness (QED) is 0.402. The predicted octanol–water partition coefficient (Wildman–Crippen LogP) is 4.22. The van der Waals surface area contributed by atoms with Crippen LogP contribution < -0.4 is 19.1 Å². The van der Waals surface area contributed by atoms with Gasteiger partial charge in [-0.2, -0.15) is 0 Å². The van der Waals surface area contributed by atoms with Crippen molar-refractivity contribution >= 4 is 21.6 Å². The number of nitrogens with zero attached hydrogens (tertiary/aromatic N) is 1. The van der Waals surface area contributed by atoms with Crippen LogP contribution in [-0.2, 0) is 14.8 Å². The van der Waals surface area contributed by atoms with Crippen molar-refractivity contribution in [3.8, 4) is 17.2 Å². The van der Waals surface area contributed by atoms with E-state index in [1.54, 1.807) is 24.3 Å².